The van der Waals surface area contributed by atoms with Crippen molar-refractivity contribution in [2.24, 2.45) is 0 Å². The van der Waals surface area contributed by atoms with Crippen LogP contribution in [-0.4, -0.2) is 38.5 Å². The molecule has 1 amide bonds. The Morgan fingerprint density at radius 1 is 1.05 bits per heavy atom. The van der Waals surface area contributed by atoms with E-state index in [4.69, 9.17) is 16.6 Å². The highest BCUT2D eigenvalue weighted by Gasteiger charge is 2.41. The van der Waals surface area contributed by atoms with Gasteiger partial charge in [0.15, 0.2) is 5.11 Å². The SMILES string of the molecule is Cc1ccc(NC(=O)CCN2C(=S)N[C@H](c3ccccn3)[C@H]2c2ccc(-c3ccc(C(=O)O)cc3)o2)cc1. The van der Waals surface area contributed by atoms with E-state index in [1.807, 2.05) is 66.4 Å². The van der Waals surface area contributed by atoms with E-state index in [0.717, 1.165) is 22.5 Å². The Morgan fingerprint density at radius 2 is 1.82 bits per heavy atom. The smallest absolute Gasteiger partial charge is 0.335 e. The molecule has 0 bridgehead atoms. The van der Waals surface area contributed by atoms with Gasteiger partial charge in [0.2, 0.25) is 5.91 Å². The summed E-state index contributed by atoms with van der Waals surface area (Å²) in [6.07, 6.45) is 1.96. The van der Waals surface area contributed by atoms with Crippen molar-refractivity contribution >= 4 is 34.9 Å². The maximum Gasteiger partial charge on any atom is 0.335 e. The van der Waals surface area contributed by atoms with Gasteiger partial charge < -0.3 is 25.1 Å². The highest BCUT2D eigenvalue weighted by molar-refractivity contribution is 7.80. The van der Waals surface area contributed by atoms with Crippen molar-refractivity contribution in [2.45, 2.75) is 25.4 Å². The van der Waals surface area contributed by atoms with E-state index >= 15 is 0 Å². The van der Waals surface area contributed by atoms with Crippen LogP contribution in [0.5, 0.6) is 0 Å². The molecule has 9 heteroatoms. The van der Waals surface area contributed by atoms with Gasteiger partial charge in [0.25, 0.3) is 0 Å². The van der Waals surface area contributed by atoms with Gasteiger partial charge in [-0.3, -0.25) is 9.78 Å². The number of carbonyl (C=O) groups excluding carboxylic acids is 1. The molecular weight excluding hydrogens is 500 g/mol. The Bertz CT molecular complexity index is 1450. The molecule has 3 heterocycles. The van der Waals surface area contributed by atoms with Crippen LogP contribution in [0.25, 0.3) is 11.3 Å². The average molecular weight is 527 g/mol. The third-order valence-corrected chi connectivity index (χ3v) is 6.80. The van der Waals surface area contributed by atoms with Gasteiger partial charge >= 0.3 is 5.97 Å². The lowest BCUT2D eigenvalue weighted by Crippen LogP contribution is -2.32. The second kappa shape index (κ2) is 10.9. The number of aromatic nitrogens is 1. The van der Waals surface area contributed by atoms with Gasteiger partial charge in [-0.1, -0.05) is 35.9 Å². The molecule has 4 aromatic rings. The fourth-order valence-corrected chi connectivity index (χ4v) is 4.81. The lowest BCUT2D eigenvalue weighted by atomic mass is 10.0. The third-order valence-electron chi connectivity index (χ3n) is 6.45. The molecule has 5 rings (SSSR count). The molecule has 1 fully saturated rings. The molecule has 2 aromatic heterocycles. The highest BCUT2D eigenvalue weighted by atomic mass is 32.1. The van der Waals surface area contributed by atoms with Gasteiger partial charge in [0, 0.05) is 30.4 Å². The van der Waals surface area contributed by atoms with Gasteiger partial charge in [0.05, 0.1) is 17.3 Å². The first-order valence-electron chi connectivity index (χ1n) is 12.2. The standard InChI is InChI=1S/C29H26N4O4S/c1-18-5-11-21(12-6-18)31-25(34)15-17-33-27(26(32-29(33)38)22-4-2-3-16-30-22)24-14-13-23(37-24)19-7-9-20(10-8-19)28(35)36/h2-14,16,26-27H,15,17H2,1H3,(H,31,34)(H,32,38)(H,35,36)/t26-,27-/m1/s1. The predicted octanol–water partition coefficient (Wildman–Crippen LogP) is 5.35. The fourth-order valence-electron chi connectivity index (χ4n) is 4.48. The second-order valence-electron chi connectivity index (χ2n) is 9.07. The van der Waals surface area contributed by atoms with Crippen molar-refractivity contribution in [1.29, 1.82) is 0 Å². The van der Waals surface area contributed by atoms with E-state index in [1.165, 1.54) is 0 Å². The summed E-state index contributed by atoms with van der Waals surface area (Å²) in [5.41, 5.74) is 3.63. The first-order valence-corrected chi connectivity index (χ1v) is 12.6. The molecule has 0 aliphatic carbocycles. The van der Waals surface area contributed by atoms with E-state index in [1.54, 1.807) is 30.5 Å². The maximum absolute atomic E-state index is 12.7. The second-order valence-corrected chi connectivity index (χ2v) is 9.46. The number of rotatable bonds is 8. The predicted molar refractivity (Wildman–Crippen MR) is 148 cm³/mol. The summed E-state index contributed by atoms with van der Waals surface area (Å²) in [5.74, 6) is 0.161. The van der Waals surface area contributed by atoms with Crippen LogP contribution in [0.3, 0.4) is 0 Å². The van der Waals surface area contributed by atoms with Gasteiger partial charge in [-0.05, 0) is 67.7 Å². The number of benzene rings is 2. The van der Waals surface area contributed by atoms with Crippen molar-refractivity contribution in [2.75, 3.05) is 11.9 Å². The highest BCUT2D eigenvalue weighted by Crippen LogP contribution is 2.40. The molecule has 0 spiro atoms. The van der Waals surface area contributed by atoms with Crippen LogP contribution in [0.4, 0.5) is 5.69 Å². The van der Waals surface area contributed by atoms with E-state index < -0.39 is 5.97 Å². The first-order chi connectivity index (χ1) is 18.4. The molecule has 0 saturated carbocycles. The number of anilines is 1. The summed E-state index contributed by atoms with van der Waals surface area (Å²) in [6, 6.07) is 23.0. The molecule has 0 radical (unpaired) electrons. The monoisotopic (exact) mass is 526 g/mol. The van der Waals surface area contributed by atoms with Gasteiger partial charge in [-0.25, -0.2) is 4.79 Å². The van der Waals surface area contributed by atoms with E-state index in [-0.39, 0.29) is 30.0 Å². The van der Waals surface area contributed by atoms with Crippen LogP contribution in [0, 0.1) is 6.92 Å². The molecule has 1 aliphatic heterocycles. The van der Waals surface area contributed by atoms with Crippen molar-refractivity contribution in [1.82, 2.24) is 15.2 Å². The number of aryl methyl sites for hydroxylation is 1. The number of nitrogens with one attached hydrogen (secondary N) is 2. The number of carboxylic acids is 1. The maximum atomic E-state index is 12.7. The summed E-state index contributed by atoms with van der Waals surface area (Å²) in [7, 11) is 0. The average Bonchev–Trinajstić information content (AvgIpc) is 3.54. The number of carboxylic acid groups (broad SMARTS) is 1. The number of carbonyl (C=O) groups is 2. The lowest BCUT2D eigenvalue weighted by Gasteiger charge is -2.25. The minimum Gasteiger partial charge on any atom is -0.478 e. The number of hydrogen-bond acceptors (Lipinski definition) is 5. The fraction of sp³-hybridized carbons (Fsp3) is 0.172. The quantitative estimate of drug-likeness (QED) is 0.264. The van der Waals surface area contributed by atoms with Crippen LogP contribution in [-0.2, 0) is 4.79 Å². The Hall–Kier alpha value is -4.50. The minimum absolute atomic E-state index is 0.115. The summed E-state index contributed by atoms with van der Waals surface area (Å²) in [5, 5.41) is 16.0. The summed E-state index contributed by atoms with van der Waals surface area (Å²) < 4.78 is 6.28. The largest absolute Gasteiger partial charge is 0.478 e. The van der Waals surface area contributed by atoms with Crippen LogP contribution in [0.2, 0.25) is 0 Å². The molecule has 2 aromatic carbocycles. The van der Waals surface area contributed by atoms with Crippen molar-refractivity contribution in [3.05, 3.63) is 108 Å². The van der Waals surface area contributed by atoms with E-state index in [2.05, 4.69) is 15.6 Å². The minimum atomic E-state index is -0.984. The molecule has 1 aliphatic rings. The number of furan rings is 1. The normalized spacial score (nSPS) is 16.8. The van der Waals surface area contributed by atoms with Gasteiger partial charge in [-0.15, -0.1) is 0 Å². The topological polar surface area (TPSA) is 108 Å². The number of hydrogen-bond donors (Lipinski definition) is 3. The van der Waals surface area contributed by atoms with Crippen LogP contribution < -0.4 is 10.6 Å². The summed E-state index contributed by atoms with van der Waals surface area (Å²) in [4.78, 5) is 30.4. The van der Waals surface area contributed by atoms with Crippen molar-refractivity contribution < 1.29 is 19.1 Å². The van der Waals surface area contributed by atoms with E-state index in [0.29, 0.717) is 23.2 Å². The molecule has 1 saturated heterocycles. The summed E-state index contributed by atoms with van der Waals surface area (Å²) >= 11 is 5.69. The molecular formula is C29H26N4O4S. The number of nitrogens with zero attached hydrogens (tertiary/aromatic N) is 2. The zero-order chi connectivity index (χ0) is 26.6. The van der Waals surface area contributed by atoms with Crippen LogP contribution in [0.15, 0.2) is 89.5 Å². The number of aromatic carboxylic acids is 1. The van der Waals surface area contributed by atoms with Crippen LogP contribution in [0.1, 0.15) is 45.9 Å². The Balaban J connectivity index is 1.38. The molecule has 2 atom stereocenters. The van der Waals surface area contributed by atoms with Gasteiger partial charge in [0.1, 0.15) is 17.6 Å². The third kappa shape index (κ3) is 5.42. The summed E-state index contributed by atoms with van der Waals surface area (Å²) in [6.45, 7) is 2.37. The molecule has 0 unspecified atom stereocenters. The van der Waals surface area contributed by atoms with Crippen molar-refractivity contribution in [3.63, 3.8) is 0 Å². The zero-order valence-corrected chi connectivity index (χ0v) is 21.4. The van der Waals surface area contributed by atoms with E-state index in [9.17, 15) is 14.7 Å². The Morgan fingerprint density at radius 3 is 2.50 bits per heavy atom. The van der Waals surface area contributed by atoms with Gasteiger partial charge in [-0.2, -0.15) is 0 Å². The Labute approximate surface area is 225 Å². The number of amides is 1. The van der Waals surface area contributed by atoms with Crippen LogP contribution >= 0.6 is 12.2 Å². The zero-order valence-electron chi connectivity index (χ0n) is 20.6. The Kier molecular flexibility index (Phi) is 7.19. The molecule has 3 N–H and O–H groups in total. The molecule has 8 nitrogen and oxygen atoms in total. The first kappa shape index (κ1) is 25.2. The number of thiocarbonyl (C=S) groups is 1. The molecule has 192 valence electrons. The van der Waals surface area contributed by atoms with Crippen molar-refractivity contribution in [3.8, 4) is 11.3 Å². The number of pyridine rings is 1. The molecule has 38 heavy (non-hydrogen) atoms. The lowest BCUT2D eigenvalue weighted by molar-refractivity contribution is -0.116.